The molecule has 0 aromatic rings. The van der Waals surface area contributed by atoms with E-state index in [1.54, 1.807) is 5.48 Å². The van der Waals surface area contributed by atoms with Crippen LogP contribution in [0.2, 0.25) is 0 Å². The molecule has 0 bridgehead atoms. The molecule has 1 unspecified atom stereocenters. The minimum atomic E-state index is -0.440. The first-order chi connectivity index (χ1) is 7.72. The zero-order chi connectivity index (χ0) is 11.5. The summed E-state index contributed by atoms with van der Waals surface area (Å²) in [5.41, 5.74) is 4.32. The summed E-state index contributed by atoms with van der Waals surface area (Å²) in [5, 5.41) is 8.69. The number of hydroxylamine groups is 1. The molecule has 0 fully saturated rings. The van der Waals surface area contributed by atoms with Crippen LogP contribution in [0.3, 0.4) is 0 Å². The molecule has 1 amide bonds. The summed E-state index contributed by atoms with van der Waals surface area (Å²) in [7, 11) is 0. The Morgan fingerprint density at radius 3 is 3.06 bits per heavy atom. The maximum absolute atomic E-state index is 11.5. The molecular formula is C13H15NO2. The SMILES string of the molecule is CC1=CCC2CC=CC=C2C=C1C(=O)NO. The molecule has 16 heavy (non-hydrogen) atoms. The molecule has 3 nitrogen and oxygen atoms in total. The van der Waals surface area contributed by atoms with Crippen LogP contribution in [0.15, 0.2) is 47.1 Å². The van der Waals surface area contributed by atoms with E-state index < -0.39 is 5.91 Å². The van der Waals surface area contributed by atoms with Crippen molar-refractivity contribution >= 4 is 5.91 Å². The number of fused-ring (bicyclic) bond motifs is 1. The highest BCUT2D eigenvalue weighted by Gasteiger charge is 2.20. The van der Waals surface area contributed by atoms with Gasteiger partial charge in [0.15, 0.2) is 0 Å². The van der Waals surface area contributed by atoms with Crippen molar-refractivity contribution in [2.75, 3.05) is 0 Å². The molecule has 0 spiro atoms. The highest BCUT2D eigenvalue weighted by atomic mass is 16.5. The van der Waals surface area contributed by atoms with E-state index >= 15 is 0 Å². The predicted molar refractivity (Wildman–Crippen MR) is 61.7 cm³/mol. The van der Waals surface area contributed by atoms with Crippen molar-refractivity contribution < 1.29 is 10.0 Å². The van der Waals surface area contributed by atoms with Gasteiger partial charge in [-0.15, -0.1) is 0 Å². The summed E-state index contributed by atoms with van der Waals surface area (Å²) in [5.74, 6) is 0.0220. The molecule has 1 atom stereocenters. The highest BCUT2D eigenvalue weighted by Crippen LogP contribution is 2.31. The number of hydrogen-bond acceptors (Lipinski definition) is 2. The first-order valence-electron chi connectivity index (χ1n) is 5.42. The van der Waals surface area contributed by atoms with Gasteiger partial charge < -0.3 is 0 Å². The fourth-order valence-corrected chi connectivity index (χ4v) is 2.11. The van der Waals surface area contributed by atoms with Crippen LogP contribution >= 0.6 is 0 Å². The van der Waals surface area contributed by atoms with Gasteiger partial charge in [-0.05, 0) is 42.9 Å². The lowest BCUT2D eigenvalue weighted by Gasteiger charge is -2.16. The molecule has 2 N–H and O–H groups in total. The second-order valence-corrected chi connectivity index (χ2v) is 4.15. The van der Waals surface area contributed by atoms with Crippen molar-refractivity contribution in [2.45, 2.75) is 19.8 Å². The van der Waals surface area contributed by atoms with Gasteiger partial charge in [-0.25, -0.2) is 5.48 Å². The van der Waals surface area contributed by atoms with Gasteiger partial charge >= 0.3 is 0 Å². The van der Waals surface area contributed by atoms with E-state index in [4.69, 9.17) is 5.21 Å². The second-order valence-electron chi connectivity index (χ2n) is 4.15. The summed E-state index contributed by atoms with van der Waals surface area (Å²) in [6.45, 7) is 1.90. The van der Waals surface area contributed by atoms with Gasteiger partial charge in [-0.3, -0.25) is 10.0 Å². The van der Waals surface area contributed by atoms with Crippen molar-refractivity contribution in [3.63, 3.8) is 0 Å². The van der Waals surface area contributed by atoms with E-state index in [1.165, 1.54) is 0 Å². The van der Waals surface area contributed by atoms with Crippen molar-refractivity contribution in [2.24, 2.45) is 5.92 Å². The quantitative estimate of drug-likeness (QED) is 0.523. The Balaban J connectivity index is 2.39. The lowest BCUT2D eigenvalue weighted by molar-refractivity contribution is -0.125. The summed E-state index contributed by atoms with van der Waals surface area (Å²) in [6, 6.07) is 0. The van der Waals surface area contributed by atoms with E-state index in [1.807, 2.05) is 25.2 Å². The first kappa shape index (κ1) is 10.9. The van der Waals surface area contributed by atoms with Crippen molar-refractivity contribution in [1.29, 1.82) is 0 Å². The lowest BCUT2D eigenvalue weighted by Crippen LogP contribution is -2.21. The molecule has 0 radical (unpaired) electrons. The van der Waals surface area contributed by atoms with Crippen LogP contribution < -0.4 is 5.48 Å². The molecule has 0 saturated carbocycles. The molecule has 0 aromatic heterocycles. The minimum Gasteiger partial charge on any atom is -0.288 e. The van der Waals surface area contributed by atoms with Gasteiger partial charge in [0.05, 0.1) is 0 Å². The van der Waals surface area contributed by atoms with E-state index in [9.17, 15) is 4.79 Å². The molecule has 0 aliphatic heterocycles. The first-order valence-corrected chi connectivity index (χ1v) is 5.42. The fourth-order valence-electron chi connectivity index (χ4n) is 2.11. The van der Waals surface area contributed by atoms with Crippen LogP contribution in [0, 0.1) is 5.92 Å². The monoisotopic (exact) mass is 217 g/mol. The van der Waals surface area contributed by atoms with E-state index in [2.05, 4.69) is 12.2 Å². The topological polar surface area (TPSA) is 49.3 Å². The lowest BCUT2D eigenvalue weighted by atomic mass is 9.89. The van der Waals surface area contributed by atoms with Gasteiger partial charge in [-0.2, -0.15) is 0 Å². The van der Waals surface area contributed by atoms with Crippen LogP contribution in [0.1, 0.15) is 19.8 Å². The second kappa shape index (κ2) is 4.49. The van der Waals surface area contributed by atoms with Crippen LogP contribution in [-0.2, 0) is 4.79 Å². The Hall–Kier alpha value is -1.61. The van der Waals surface area contributed by atoms with Crippen molar-refractivity contribution in [1.82, 2.24) is 5.48 Å². The normalized spacial score (nSPS) is 23.6. The Kier molecular flexibility index (Phi) is 3.06. The standard InChI is InChI=1S/C13H15NO2/c1-9-6-7-10-4-2-3-5-11(10)8-12(9)13(15)14-16/h2-3,5-6,8,10,16H,4,7H2,1H3,(H,14,15). The van der Waals surface area contributed by atoms with E-state index in [0.29, 0.717) is 11.5 Å². The maximum Gasteiger partial charge on any atom is 0.274 e. The van der Waals surface area contributed by atoms with Crippen LogP contribution in [0.5, 0.6) is 0 Å². The third-order valence-corrected chi connectivity index (χ3v) is 3.11. The molecule has 84 valence electrons. The third kappa shape index (κ3) is 1.99. The average molecular weight is 217 g/mol. The van der Waals surface area contributed by atoms with Crippen molar-refractivity contribution in [3.8, 4) is 0 Å². The summed E-state index contributed by atoms with van der Waals surface area (Å²) in [6.07, 6.45) is 12.1. The van der Waals surface area contributed by atoms with E-state index in [-0.39, 0.29) is 0 Å². The molecule has 0 saturated heterocycles. The molecular weight excluding hydrogens is 202 g/mol. The zero-order valence-corrected chi connectivity index (χ0v) is 9.23. The van der Waals surface area contributed by atoms with E-state index in [0.717, 1.165) is 24.0 Å². The number of carbonyl (C=O) groups is 1. The van der Waals surface area contributed by atoms with Crippen LogP contribution in [0.25, 0.3) is 0 Å². The average Bonchev–Trinajstić information content (AvgIpc) is 2.48. The molecule has 2 rings (SSSR count). The van der Waals surface area contributed by atoms with Gasteiger partial charge in [0.2, 0.25) is 0 Å². The molecule has 0 heterocycles. The number of nitrogens with one attached hydrogen (secondary N) is 1. The molecule has 0 aromatic carbocycles. The number of carbonyl (C=O) groups excluding carboxylic acids is 1. The van der Waals surface area contributed by atoms with Gasteiger partial charge in [0.25, 0.3) is 5.91 Å². The van der Waals surface area contributed by atoms with Gasteiger partial charge in [-0.1, -0.05) is 24.3 Å². The predicted octanol–water partition coefficient (Wildman–Crippen LogP) is 2.27. The Morgan fingerprint density at radius 2 is 2.31 bits per heavy atom. The summed E-state index contributed by atoms with van der Waals surface area (Å²) in [4.78, 5) is 11.5. The van der Waals surface area contributed by atoms with Crippen LogP contribution in [-0.4, -0.2) is 11.1 Å². The maximum atomic E-state index is 11.5. The Morgan fingerprint density at radius 1 is 1.50 bits per heavy atom. The smallest absolute Gasteiger partial charge is 0.274 e. The molecule has 2 aliphatic rings. The zero-order valence-electron chi connectivity index (χ0n) is 9.23. The highest BCUT2D eigenvalue weighted by molar-refractivity contribution is 5.97. The van der Waals surface area contributed by atoms with Gasteiger partial charge in [0, 0.05) is 5.57 Å². The largest absolute Gasteiger partial charge is 0.288 e. The minimum absolute atomic E-state index is 0.440. The number of allylic oxidation sites excluding steroid dienone is 6. The Bertz CT molecular complexity index is 427. The van der Waals surface area contributed by atoms with Crippen molar-refractivity contribution in [3.05, 3.63) is 47.1 Å². The molecule has 2 aliphatic carbocycles. The number of amides is 1. The fraction of sp³-hybridized carbons (Fsp3) is 0.308. The third-order valence-electron chi connectivity index (χ3n) is 3.11. The summed E-state index contributed by atoms with van der Waals surface area (Å²) >= 11 is 0. The van der Waals surface area contributed by atoms with Crippen LogP contribution in [0.4, 0.5) is 0 Å². The number of hydrogen-bond donors (Lipinski definition) is 2. The molecule has 3 heteroatoms. The number of rotatable bonds is 1. The Labute approximate surface area is 94.8 Å². The van der Waals surface area contributed by atoms with Gasteiger partial charge in [0.1, 0.15) is 0 Å². The summed E-state index contributed by atoms with van der Waals surface area (Å²) < 4.78 is 0.